The number of anilines is 1. The number of carbonyl (C=O) groups excluding carboxylic acids is 2. The molecule has 1 atom stereocenters. The van der Waals surface area contributed by atoms with Gasteiger partial charge in [-0.3, -0.25) is 14.5 Å². The third-order valence-corrected chi connectivity index (χ3v) is 5.49. The number of nitrogens with two attached hydrogens (primary N) is 2. The number of nitrogens with zero attached hydrogens (tertiary/aromatic N) is 1. The summed E-state index contributed by atoms with van der Waals surface area (Å²) in [6.07, 6.45) is 3.22. The molecule has 1 saturated heterocycles. The lowest BCUT2D eigenvalue weighted by atomic mass is 9.81. The summed E-state index contributed by atoms with van der Waals surface area (Å²) in [5.41, 5.74) is 12.6. The predicted molar refractivity (Wildman–Crippen MR) is 99.8 cm³/mol. The quantitative estimate of drug-likeness (QED) is 0.668. The average Bonchev–Trinajstić information content (AvgIpc) is 3.06. The van der Waals surface area contributed by atoms with Crippen LogP contribution in [0.1, 0.15) is 45.1 Å². The fraction of sp³-hybridized carbons (Fsp3) is 0.579. The Morgan fingerprint density at radius 1 is 1.32 bits per heavy atom. The van der Waals surface area contributed by atoms with Gasteiger partial charge in [0, 0.05) is 18.8 Å². The second kappa shape index (κ2) is 8.45. The van der Waals surface area contributed by atoms with Gasteiger partial charge in [0.25, 0.3) is 0 Å². The second-order valence-corrected chi connectivity index (χ2v) is 6.88. The van der Waals surface area contributed by atoms with Crippen LogP contribution >= 0.6 is 0 Å². The number of hydrogen-bond acceptors (Lipinski definition) is 4. The molecule has 1 fully saturated rings. The Balaban J connectivity index is 2.08. The minimum absolute atomic E-state index is 0.0339. The predicted octanol–water partition coefficient (Wildman–Crippen LogP) is 1.84. The maximum atomic E-state index is 12.7. The third-order valence-electron chi connectivity index (χ3n) is 5.49. The van der Waals surface area contributed by atoms with E-state index in [1.165, 1.54) is 0 Å². The molecular formula is C19H30N4O2. The van der Waals surface area contributed by atoms with Crippen molar-refractivity contribution in [1.29, 1.82) is 0 Å². The monoisotopic (exact) mass is 346 g/mol. The van der Waals surface area contributed by atoms with Gasteiger partial charge in [0.1, 0.15) is 0 Å². The SMILES string of the molecule is CCC(CC)(CN)C(=O)Nc1cccc(CN2CCCC2C(N)=O)c1. The van der Waals surface area contributed by atoms with Gasteiger partial charge < -0.3 is 16.8 Å². The van der Waals surface area contributed by atoms with Gasteiger partial charge in [0.05, 0.1) is 11.5 Å². The van der Waals surface area contributed by atoms with Crippen molar-refractivity contribution >= 4 is 17.5 Å². The summed E-state index contributed by atoms with van der Waals surface area (Å²) in [4.78, 5) is 26.3. The van der Waals surface area contributed by atoms with Crippen LogP contribution in [0.3, 0.4) is 0 Å². The molecule has 25 heavy (non-hydrogen) atoms. The zero-order valence-electron chi connectivity index (χ0n) is 15.3. The van der Waals surface area contributed by atoms with Gasteiger partial charge in [0.15, 0.2) is 0 Å². The highest BCUT2D eigenvalue weighted by Gasteiger charge is 2.33. The van der Waals surface area contributed by atoms with Gasteiger partial charge in [-0.25, -0.2) is 0 Å². The first-order valence-corrected chi connectivity index (χ1v) is 9.09. The molecule has 6 nitrogen and oxygen atoms in total. The number of primary amides is 1. The average molecular weight is 346 g/mol. The summed E-state index contributed by atoms with van der Waals surface area (Å²) >= 11 is 0. The molecule has 138 valence electrons. The summed E-state index contributed by atoms with van der Waals surface area (Å²) in [6.45, 7) is 5.83. The Morgan fingerprint density at radius 3 is 2.64 bits per heavy atom. The first-order chi connectivity index (χ1) is 12.0. The van der Waals surface area contributed by atoms with Gasteiger partial charge in [-0.2, -0.15) is 0 Å². The molecule has 1 aliphatic rings. The standard InChI is InChI=1S/C19H30N4O2/c1-3-19(4-2,13-20)18(25)22-15-8-5-7-14(11-15)12-23-10-6-9-16(23)17(21)24/h5,7-8,11,16H,3-4,6,9-10,12-13,20H2,1-2H3,(H2,21,24)(H,22,25). The molecule has 0 saturated carbocycles. The van der Waals surface area contributed by atoms with E-state index in [2.05, 4.69) is 10.2 Å². The van der Waals surface area contributed by atoms with E-state index in [4.69, 9.17) is 11.5 Å². The Labute approximate surface area is 149 Å². The number of rotatable bonds is 8. The van der Waals surface area contributed by atoms with Crippen LogP contribution in [-0.4, -0.2) is 35.8 Å². The normalized spacial score (nSPS) is 18.3. The Kier molecular flexibility index (Phi) is 6.56. The Morgan fingerprint density at radius 2 is 2.04 bits per heavy atom. The molecule has 2 amide bonds. The van der Waals surface area contributed by atoms with Crippen molar-refractivity contribution in [3.8, 4) is 0 Å². The molecule has 1 heterocycles. The van der Waals surface area contributed by atoms with E-state index < -0.39 is 5.41 Å². The van der Waals surface area contributed by atoms with Crippen LogP contribution in [0.5, 0.6) is 0 Å². The lowest BCUT2D eigenvalue weighted by Gasteiger charge is -2.28. The lowest BCUT2D eigenvalue weighted by molar-refractivity contribution is -0.125. The topological polar surface area (TPSA) is 101 Å². The van der Waals surface area contributed by atoms with E-state index in [0.29, 0.717) is 25.9 Å². The van der Waals surface area contributed by atoms with E-state index in [1.807, 2.05) is 38.1 Å². The molecule has 0 aromatic heterocycles. The fourth-order valence-electron chi connectivity index (χ4n) is 3.54. The highest BCUT2D eigenvalue weighted by Crippen LogP contribution is 2.27. The number of nitrogens with one attached hydrogen (secondary N) is 1. The van der Waals surface area contributed by atoms with Gasteiger partial charge in [0.2, 0.25) is 11.8 Å². The van der Waals surface area contributed by atoms with Crippen LogP contribution in [0.2, 0.25) is 0 Å². The smallest absolute Gasteiger partial charge is 0.234 e. The summed E-state index contributed by atoms with van der Waals surface area (Å²) in [5.74, 6) is -0.297. The molecule has 1 aliphatic heterocycles. The maximum Gasteiger partial charge on any atom is 0.234 e. The molecule has 0 bridgehead atoms. The minimum Gasteiger partial charge on any atom is -0.368 e. The lowest BCUT2D eigenvalue weighted by Crippen LogP contribution is -2.41. The number of carbonyl (C=O) groups is 2. The summed E-state index contributed by atoms with van der Waals surface area (Å²) in [5, 5.41) is 3.01. The second-order valence-electron chi connectivity index (χ2n) is 6.88. The van der Waals surface area contributed by atoms with Crippen molar-refractivity contribution in [2.75, 3.05) is 18.4 Å². The van der Waals surface area contributed by atoms with Crippen LogP contribution < -0.4 is 16.8 Å². The number of likely N-dealkylation sites (tertiary alicyclic amines) is 1. The zero-order chi connectivity index (χ0) is 18.4. The van der Waals surface area contributed by atoms with Gasteiger partial charge in [-0.15, -0.1) is 0 Å². The van der Waals surface area contributed by atoms with Crippen molar-refractivity contribution in [2.45, 2.75) is 52.1 Å². The van der Waals surface area contributed by atoms with Gasteiger partial charge in [-0.1, -0.05) is 26.0 Å². The Hall–Kier alpha value is -1.92. The van der Waals surface area contributed by atoms with Crippen LogP contribution in [0.25, 0.3) is 0 Å². The van der Waals surface area contributed by atoms with Crippen molar-refractivity contribution in [1.82, 2.24) is 4.90 Å². The summed E-state index contributed by atoms with van der Waals surface area (Å²) in [7, 11) is 0. The first kappa shape index (κ1) is 19.4. The minimum atomic E-state index is -0.526. The molecule has 0 radical (unpaired) electrons. The van der Waals surface area contributed by atoms with Crippen molar-refractivity contribution in [3.05, 3.63) is 29.8 Å². The molecular weight excluding hydrogens is 316 g/mol. The molecule has 5 N–H and O–H groups in total. The largest absolute Gasteiger partial charge is 0.368 e. The molecule has 2 rings (SSSR count). The van der Waals surface area contributed by atoms with Crippen molar-refractivity contribution in [2.24, 2.45) is 16.9 Å². The highest BCUT2D eigenvalue weighted by molar-refractivity contribution is 5.95. The van der Waals surface area contributed by atoms with E-state index >= 15 is 0 Å². The number of hydrogen-bond donors (Lipinski definition) is 3. The zero-order valence-corrected chi connectivity index (χ0v) is 15.3. The van der Waals surface area contributed by atoms with E-state index in [0.717, 1.165) is 30.6 Å². The van der Waals surface area contributed by atoms with Crippen molar-refractivity contribution in [3.63, 3.8) is 0 Å². The van der Waals surface area contributed by atoms with Crippen LogP contribution in [0.4, 0.5) is 5.69 Å². The molecule has 0 spiro atoms. The molecule has 0 aliphatic carbocycles. The van der Waals surface area contributed by atoms with Crippen LogP contribution in [0.15, 0.2) is 24.3 Å². The third kappa shape index (κ3) is 4.38. The van der Waals surface area contributed by atoms with Crippen molar-refractivity contribution < 1.29 is 9.59 Å². The van der Waals surface area contributed by atoms with E-state index in [-0.39, 0.29) is 17.9 Å². The van der Waals surface area contributed by atoms with E-state index in [1.54, 1.807) is 0 Å². The number of amides is 2. The van der Waals surface area contributed by atoms with E-state index in [9.17, 15) is 9.59 Å². The van der Waals surface area contributed by atoms with Gasteiger partial charge >= 0.3 is 0 Å². The molecule has 1 aromatic carbocycles. The van der Waals surface area contributed by atoms with Crippen LogP contribution in [0, 0.1) is 5.41 Å². The summed E-state index contributed by atoms with van der Waals surface area (Å²) in [6, 6.07) is 7.57. The molecule has 6 heteroatoms. The highest BCUT2D eigenvalue weighted by atomic mass is 16.2. The fourth-order valence-corrected chi connectivity index (χ4v) is 3.54. The summed E-state index contributed by atoms with van der Waals surface area (Å²) < 4.78 is 0. The molecule has 1 aromatic rings. The molecule has 1 unspecified atom stereocenters. The number of benzene rings is 1. The first-order valence-electron chi connectivity index (χ1n) is 9.09. The maximum absolute atomic E-state index is 12.7. The van der Waals surface area contributed by atoms with Crippen LogP contribution in [-0.2, 0) is 16.1 Å². The Bertz CT molecular complexity index is 605. The van der Waals surface area contributed by atoms with Gasteiger partial charge in [-0.05, 0) is 49.9 Å².